The van der Waals surface area contributed by atoms with E-state index in [2.05, 4.69) is 20.4 Å². The first kappa shape index (κ1) is 23.3. The number of carbonyl (C=O) groups excluding carboxylic acids is 2. The molecule has 3 aromatic rings. The van der Waals surface area contributed by atoms with Gasteiger partial charge in [-0.05, 0) is 37.7 Å². The first-order chi connectivity index (χ1) is 18.6. The molecule has 1 N–H and O–H groups in total. The lowest BCUT2D eigenvalue weighted by atomic mass is 10.0. The van der Waals surface area contributed by atoms with Gasteiger partial charge in [-0.15, -0.1) is 0 Å². The van der Waals surface area contributed by atoms with E-state index in [1.54, 1.807) is 15.9 Å². The highest BCUT2D eigenvalue weighted by atomic mass is 16.5. The molecular formula is C26H29N7O5. The van der Waals surface area contributed by atoms with Gasteiger partial charge in [-0.1, -0.05) is 0 Å². The number of nitrogens with one attached hydrogen (secondary N) is 1. The van der Waals surface area contributed by atoms with Crippen molar-refractivity contribution >= 4 is 11.8 Å². The highest BCUT2D eigenvalue weighted by Gasteiger charge is 2.34. The van der Waals surface area contributed by atoms with Gasteiger partial charge in [-0.2, -0.15) is 15.4 Å². The SMILES string of the molecule is O=C(c1cc(OCC2CCOCC2)nc(C2CC2)c1)N1Cc2nc(C(=O)N3CCc4n[nH]nc4C3)oc2C1. The molecule has 0 aromatic carbocycles. The standard InChI is InChI=1S/C26H29N7O5/c34-25(17-9-19(16-1-2-16)27-23(10-17)37-14-15-4-7-36-8-5-15)33-12-21-22(13-33)38-24(28-21)26(35)32-6-3-18-20(11-32)30-31-29-18/h9-10,15-16H,1-8,11-14H2,(H,29,30,31). The lowest BCUT2D eigenvalue weighted by molar-refractivity contribution is 0.0490. The molecule has 0 atom stereocenters. The van der Waals surface area contributed by atoms with Crippen molar-refractivity contribution in [1.82, 2.24) is 35.2 Å². The number of aromatic nitrogens is 5. The average Bonchev–Trinajstić information content (AvgIpc) is 3.37. The zero-order valence-electron chi connectivity index (χ0n) is 21.0. The summed E-state index contributed by atoms with van der Waals surface area (Å²) in [4.78, 5) is 39.0. The maximum atomic E-state index is 13.5. The van der Waals surface area contributed by atoms with Crippen LogP contribution in [0.25, 0.3) is 0 Å². The van der Waals surface area contributed by atoms with E-state index in [1.807, 2.05) is 6.07 Å². The number of hydrogen-bond donors (Lipinski definition) is 1. The predicted molar refractivity (Wildman–Crippen MR) is 130 cm³/mol. The van der Waals surface area contributed by atoms with Crippen molar-refractivity contribution in [2.45, 2.75) is 57.7 Å². The molecule has 0 unspecified atom stereocenters. The third-order valence-corrected chi connectivity index (χ3v) is 7.74. The van der Waals surface area contributed by atoms with Crippen molar-refractivity contribution in [2.24, 2.45) is 5.92 Å². The minimum Gasteiger partial charge on any atom is -0.477 e. The number of oxazole rings is 1. The number of hydrogen-bond acceptors (Lipinski definition) is 9. The number of pyridine rings is 1. The van der Waals surface area contributed by atoms with Gasteiger partial charge in [0.1, 0.15) is 17.1 Å². The van der Waals surface area contributed by atoms with Gasteiger partial charge in [0, 0.05) is 49.4 Å². The van der Waals surface area contributed by atoms with Gasteiger partial charge in [0.25, 0.3) is 11.8 Å². The third-order valence-electron chi connectivity index (χ3n) is 7.74. The lowest BCUT2D eigenvalue weighted by Crippen LogP contribution is -2.36. The molecule has 7 rings (SSSR count). The van der Waals surface area contributed by atoms with Crippen LogP contribution in [0.5, 0.6) is 5.88 Å². The number of fused-ring (bicyclic) bond motifs is 2. The van der Waals surface area contributed by atoms with E-state index in [1.165, 1.54) is 0 Å². The molecule has 38 heavy (non-hydrogen) atoms. The first-order valence-electron chi connectivity index (χ1n) is 13.3. The quantitative estimate of drug-likeness (QED) is 0.519. The van der Waals surface area contributed by atoms with Crippen LogP contribution in [0.2, 0.25) is 0 Å². The summed E-state index contributed by atoms with van der Waals surface area (Å²) in [5, 5.41) is 10.8. The molecule has 198 valence electrons. The molecule has 0 bridgehead atoms. The van der Waals surface area contributed by atoms with Crippen LogP contribution >= 0.6 is 0 Å². The summed E-state index contributed by atoms with van der Waals surface area (Å²) in [7, 11) is 0. The molecule has 1 saturated heterocycles. The minimum absolute atomic E-state index is 0.0535. The summed E-state index contributed by atoms with van der Waals surface area (Å²) in [6.07, 6.45) is 4.75. The third kappa shape index (κ3) is 4.53. The monoisotopic (exact) mass is 519 g/mol. The second kappa shape index (κ2) is 9.50. The van der Waals surface area contributed by atoms with Crippen LogP contribution in [0.15, 0.2) is 16.5 Å². The summed E-state index contributed by atoms with van der Waals surface area (Å²) in [6.45, 7) is 3.55. The Balaban J connectivity index is 1.03. The van der Waals surface area contributed by atoms with Gasteiger partial charge in [-0.25, -0.2) is 9.97 Å². The van der Waals surface area contributed by atoms with E-state index in [4.69, 9.17) is 18.9 Å². The predicted octanol–water partition coefficient (Wildman–Crippen LogP) is 2.22. The second-order valence-electron chi connectivity index (χ2n) is 10.5. The second-order valence-corrected chi connectivity index (χ2v) is 10.5. The molecular weight excluding hydrogens is 490 g/mol. The average molecular weight is 520 g/mol. The largest absolute Gasteiger partial charge is 0.477 e. The normalized spacial score (nSPS) is 19.4. The van der Waals surface area contributed by atoms with E-state index >= 15 is 0 Å². The van der Waals surface area contributed by atoms with Crippen LogP contribution in [0, 0.1) is 5.92 Å². The molecule has 0 radical (unpaired) electrons. The van der Waals surface area contributed by atoms with Crippen molar-refractivity contribution in [2.75, 3.05) is 26.4 Å². The summed E-state index contributed by atoms with van der Waals surface area (Å²) in [6, 6.07) is 3.63. The Hall–Kier alpha value is -3.80. The van der Waals surface area contributed by atoms with Gasteiger partial charge >= 0.3 is 5.91 Å². The molecule has 0 spiro atoms. The number of ether oxygens (including phenoxy) is 2. The van der Waals surface area contributed by atoms with Crippen LogP contribution in [-0.2, 0) is 30.8 Å². The highest BCUT2D eigenvalue weighted by Crippen LogP contribution is 2.40. The Morgan fingerprint density at radius 1 is 0.947 bits per heavy atom. The number of rotatable bonds is 6. The Morgan fingerprint density at radius 2 is 1.76 bits per heavy atom. The number of amides is 2. The summed E-state index contributed by atoms with van der Waals surface area (Å²) >= 11 is 0. The first-order valence-corrected chi connectivity index (χ1v) is 13.3. The number of carbonyl (C=O) groups is 2. The van der Waals surface area contributed by atoms with E-state index in [9.17, 15) is 9.59 Å². The van der Waals surface area contributed by atoms with Crippen LogP contribution in [0.1, 0.15) is 81.2 Å². The molecule has 12 nitrogen and oxygen atoms in total. The molecule has 1 saturated carbocycles. The molecule has 2 fully saturated rings. The van der Waals surface area contributed by atoms with Crippen molar-refractivity contribution in [3.05, 3.63) is 52.1 Å². The maximum Gasteiger partial charge on any atom is 0.310 e. The van der Waals surface area contributed by atoms with Gasteiger partial charge < -0.3 is 23.7 Å². The Morgan fingerprint density at radius 3 is 2.58 bits per heavy atom. The molecule has 2 amide bonds. The van der Waals surface area contributed by atoms with E-state index in [-0.39, 0.29) is 30.8 Å². The zero-order valence-corrected chi connectivity index (χ0v) is 21.0. The van der Waals surface area contributed by atoms with Crippen molar-refractivity contribution in [3.8, 4) is 5.88 Å². The fourth-order valence-electron chi connectivity index (χ4n) is 5.30. The molecule has 4 aliphatic rings. The molecule has 12 heteroatoms. The van der Waals surface area contributed by atoms with Crippen LogP contribution in [-0.4, -0.2) is 73.4 Å². The van der Waals surface area contributed by atoms with Crippen molar-refractivity contribution in [1.29, 1.82) is 0 Å². The molecule has 3 aromatic heterocycles. The molecule has 3 aliphatic heterocycles. The van der Waals surface area contributed by atoms with Gasteiger partial charge in [-0.3, -0.25) is 9.59 Å². The van der Waals surface area contributed by atoms with Crippen molar-refractivity contribution < 1.29 is 23.5 Å². The number of aromatic amines is 1. The van der Waals surface area contributed by atoms with Gasteiger partial charge in [0.2, 0.25) is 5.88 Å². The summed E-state index contributed by atoms with van der Waals surface area (Å²) in [5.41, 5.74) is 3.74. The van der Waals surface area contributed by atoms with Gasteiger partial charge in [0.15, 0.2) is 0 Å². The minimum atomic E-state index is -0.277. The van der Waals surface area contributed by atoms with Crippen LogP contribution < -0.4 is 4.74 Å². The highest BCUT2D eigenvalue weighted by molar-refractivity contribution is 5.95. The number of H-pyrrole nitrogens is 1. The topological polar surface area (TPSA) is 140 Å². The maximum absolute atomic E-state index is 13.5. The molecule has 6 heterocycles. The Bertz CT molecular complexity index is 1350. The fourth-order valence-corrected chi connectivity index (χ4v) is 5.30. The van der Waals surface area contributed by atoms with Crippen LogP contribution in [0.4, 0.5) is 0 Å². The molecule has 1 aliphatic carbocycles. The smallest absolute Gasteiger partial charge is 0.310 e. The number of nitrogens with zero attached hydrogens (tertiary/aromatic N) is 6. The summed E-state index contributed by atoms with van der Waals surface area (Å²) in [5.74, 6) is 1.53. The Labute approximate surface area is 218 Å². The van der Waals surface area contributed by atoms with Gasteiger partial charge in [0.05, 0.1) is 31.9 Å². The van der Waals surface area contributed by atoms with E-state index < -0.39 is 0 Å². The zero-order chi connectivity index (χ0) is 25.6. The van der Waals surface area contributed by atoms with Crippen LogP contribution in [0.3, 0.4) is 0 Å². The van der Waals surface area contributed by atoms with E-state index in [0.717, 1.165) is 56.0 Å². The van der Waals surface area contributed by atoms with E-state index in [0.29, 0.717) is 60.9 Å². The summed E-state index contributed by atoms with van der Waals surface area (Å²) < 4.78 is 17.3. The van der Waals surface area contributed by atoms with Crippen molar-refractivity contribution in [3.63, 3.8) is 0 Å². The lowest BCUT2D eigenvalue weighted by Gasteiger charge is -2.24. The Kier molecular flexibility index (Phi) is 5.83. The fraction of sp³-hybridized carbons (Fsp3) is 0.538.